The number of aromatic nitrogens is 1. The van der Waals surface area contributed by atoms with E-state index >= 15 is 0 Å². The van der Waals surface area contributed by atoms with Crippen LogP contribution in [0.1, 0.15) is 20.8 Å². The number of hydrazine groups is 1. The minimum absolute atomic E-state index is 0.0432. The normalized spacial score (nSPS) is 14.6. The van der Waals surface area contributed by atoms with E-state index in [1.54, 1.807) is 18.2 Å². The molecule has 1 saturated heterocycles. The lowest BCUT2D eigenvalue weighted by molar-refractivity contribution is 0.0729. The van der Waals surface area contributed by atoms with Gasteiger partial charge in [-0.05, 0) is 12.1 Å². The zero-order valence-corrected chi connectivity index (χ0v) is 17.7. The lowest BCUT2D eigenvalue weighted by Gasteiger charge is -2.26. The van der Waals surface area contributed by atoms with Crippen LogP contribution in [0.15, 0.2) is 70.1 Å². The summed E-state index contributed by atoms with van der Waals surface area (Å²) in [5.41, 5.74) is 5.07. The molecule has 0 radical (unpaired) electrons. The molecule has 2 heterocycles. The lowest BCUT2D eigenvalue weighted by Crippen LogP contribution is -2.44. The number of amides is 2. The standard InChI is InChI=1S/C21H20N4O6S/c26-20(16-8-4-5-9-19(16)32(28,29)25-10-12-30-13-11-25)22-23-21(27)17-14-18(31-24-17)15-6-2-1-3-7-15/h1-9,14H,10-13H2,(H,22,26)(H,23,27). The zero-order chi connectivity index (χ0) is 22.6. The number of nitrogens with zero attached hydrogens (tertiary/aromatic N) is 2. The summed E-state index contributed by atoms with van der Waals surface area (Å²) in [4.78, 5) is 24.9. The second kappa shape index (κ2) is 9.30. The van der Waals surface area contributed by atoms with E-state index in [0.717, 1.165) is 5.56 Å². The van der Waals surface area contributed by atoms with Crippen LogP contribution in [0.25, 0.3) is 11.3 Å². The summed E-state index contributed by atoms with van der Waals surface area (Å²) in [6, 6.07) is 16.3. The molecule has 1 aliphatic heterocycles. The van der Waals surface area contributed by atoms with Crippen LogP contribution < -0.4 is 10.9 Å². The number of carbonyl (C=O) groups is 2. The van der Waals surface area contributed by atoms with Gasteiger partial charge in [0, 0.05) is 24.7 Å². The van der Waals surface area contributed by atoms with E-state index in [1.807, 2.05) is 18.2 Å². The van der Waals surface area contributed by atoms with Crippen LogP contribution in [0.4, 0.5) is 0 Å². The van der Waals surface area contributed by atoms with E-state index < -0.39 is 21.8 Å². The fourth-order valence-corrected chi connectivity index (χ4v) is 4.77. The quantitative estimate of drug-likeness (QED) is 0.556. The highest BCUT2D eigenvalue weighted by atomic mass is 32.2. The number of morpholine rings is 1. The molecule has 0 atom stereocenters. The van der Waals surface area contributed by atoms with Crippen molar-refractivity contribution in [3.63, 3.8) is 0 Å². The SMILES string of the molecule is O=C(NNC(=O)c1ccccc1S(=O)(=O)N1CCOCC1)c1cc(-c2ccccc2)on1. The van der Waals surface area contributed by atoms with E-state index in [-0.39, 0.29) is 42.5 Å². The molecule has 10 nitrogen and oxygen atoms in total. The topological polar surface area (TPSA) is 131 Å². The Morgan fingerprint density at radius 2 is 1.56 bits per heavy atom. The molecule has 4 rings (SSSR count). The summed E-state index contributed by atoms with van der Waals surface area (Å²) in [5.74, 6) is -1.10. The number of nitrogens with one attached hydrogen (secondary N) is 2. The molecule has 1 aliphatic rings. The van der Waals surface area contributed by atoms with Crippen LogP contribution in [0.5, 0.6) is 0 Å². The number of hydrogen-bond acceptors (Lipinski definition) is 7. The number of ether oxygens (including phenoxy) is 1. The molecule has 2 N–H and O–H groups in total. The van der Waals surface area contributed by atoms with Gasteiger partial charge in [0.1, 0.15) is 0 Å². The maximum Gasteiger partial charge on any atom is 0.291 e. The van der Waals surface area contributed by atoms with Gasteiger partial charge in [0.25, 0.3) is 11.8 Å². The molecule has 0 spiro atoms. The van der Waals surface area contributed by atoms with Crippen molar-refractivity contribution in [3.8, 4) is 11.3 Å². The third-order valence-electron chi connectivity index (χ3n) is 4.81. The Morgan fingerprint density at radius 3 is 2.31 bits per heavy atom. The van der Waals surface area contributed by atoms with E-state index in [4.69, 9.17) is 9.26 Å². The Morgan fingerprint density at radius 1 is 0.906 bits per heavy atom. The van der Waals surface area contributed by atoms with Gasteiger partial charge in [-0.15, -0.1) is 0 Å². The van der Waals surface area contributed by atoms with Crippen LogP contribution >= 0.6 is 0 Å². The van der Waals surface area contributed by atoms with Crippen LogP contribution in [-0.4, -0.2) is 56.0 Å². The monoisotopic (exact) mass is 456 g/mol. The first kappa shape index (κ1) is 21.7. The van der Waals surface area contributed by atoms with E-state index in [2.05, 4.69) is 16.0 Å². The average molecular weight is 456 g/mol. The van der Waals surface area contributed by atoms with Crippen molar-refractivity contribution in [1.29, 1.82) is 0 Å². The third kappa shape index (κ3) is 4.54. The summed E-state index contributed by atoms with van der Waals surface area (Å²) < 4.78 is 37.6. The first-order valence-corrected chi connectivity index (χ1v) is 11.2. The van der Waals surface area contributed by atoms with Crippen molar-refractivity contribution < 1.29 is 27.3 Å². The van der Waals surface area contributed by atoms with Gasteiger partial charge in [-0.1, -0.05) is 47.6 Å². The van der Waals surface area contributed by atoms with Crippen molar-refractivity contribution in [1.82, 2.24) is 20.3 Å². The summed E-state index contributed by atoms with van der Waals surface area (Å²) in [7, 11) is -3.90. The summed E-state index contributed by atoms with van der Waals surface area (Å²) in [6.45, 7) is 0.967. The molecule has 32 heavy (non-hydrogen) atoms. The van der Waals surface area contributed by atoms with Gasteiger partial charge in [0.2, 0.25) is 10.0 Å². The average Bonchev–Trinajstić information content (AvgIpc) is 3.34. The van der Waals surface area contributed by atoms with Gasteiger partial charge in [-0.3, -0.25) is 20.4 Å². The van der Waals surface area contributed by atoms with Crippen LogP contribution in [-0.2, 0) is 14.8 Å². The second-order valence-electron chi connectivity index (χ2n) is 6.86. The van der Waals surface area contributed by atoms with E-state index in [1.165, 1.54) is 28.6 Å². The molecule has 0 aliphatic carbocycles. The number of benzene rings is 2. The predicted molar refractivity (Wildman–Crippen MR) is 113 cm³/mol. The number of sulfonamides is 1. The first-order valence-electron chi connectivity index (χ1n) is 9.76. The molecule has 0 saturated carbocycles. The molecule has 2 aromatic carbocycles. The summed E-state index contributed by atoms with van der Waals surface area (Å²) >= 11 is 0. The number of hydrogen-bond donors (Lipinski definition) is 2. The Kier molecular flexibility index (Phi) is 6.30. The Hall–Kier alpha value is -3.54. The van der Waals surface area contributed by atoms with Gasteiger partial charge in [0.15, 0.2) is 11.5 Å². The third-order valence-corrected chi connectivity index (χ3v) is 6.77. The molecule has 1 aromatic heterocycles. The van der Waals surface area contributed by atoms with Crippen molar-refractivity contribution in [2.24, 2.45) is 0 Å². The van der Waals surface area contributed by atoms with Gasteiger partial charge in [-0.25, -0.2) is 8.42 Å². The van der Waals surface area contributed by atoms with Gasteiger partial charge < -0.3 is 9.26 Å². The molecule has 166 valence electrons. The zero-order valence-electron chi connectivity index (χ0n) is 16.9. The summed E-state index contributed by atoms with van der Waals surface area (Å²) in [6.07, 6.45) is 0. The second-order valence-corrected chi connectivity index (χ2v) is 8.77. The lowest BCUT2D eigenvalue weighted by atomic mass is 10.1. The Bertz CT molecular complexity index is 1220. The minimum atomic E-state index is -3.90. The van der Waals surface area contributed by atoms with E-state index in [0.29, 0.717) is 5.76 Å². The van der Waals surface area contributed by atoms with Gasteiger partial charge in [0.05, 0.1) is 23.7 Å². The van der Waals surface area contributed by atoms with Gasteiger partial charge >= 0.3 is 0 Å². The van der Waals surface area contributed by atoms with Crippen LogP contribution in [0, 0.1) is 0 Å². The fourth-order valence-electron chi connectivity index (χ4n) is 3.17. The maximum atomic E-state index is 13.0. The van der Waals surface area contributed by atoms with Crippen molar-refractivity contribution in [2.45, 2.75) is 4.90 Å². The molecule has 1 fully saturated rings. The molecule has 3 aromatic rings. The predicted octanol–water partition coefficient (Wildman–Crippen LogP) is 1.44. The number of rotatable bonds is 5. The Balaban J connectivity index is 1.46. The van der Waals surface area contributed by atoms with Crippen LogP contribution in [0.2, 0.25) is 0 Å². The molecule has 0 bridgehead atoms. The first-order chi connectivity index (χ1) is 15.5. The van der Waals surface area contributed by atoms with Crippen LogP contribution in [0.3, 0.4) is 0 Å². The molecular weight excluding hydrogens is 436 g/mol. The number of carbonyl (C=O) groups excluding carboxylic acids is 2. The fraction of sp³-hybridized carbons (Fsp3) is 0.190. The highest BCUT2D eigenvalue weighted by Crippen LogP contribution is 2.22. The van der Waals surface area contributed by atoms with Crippen molar-refractivity contribution in [2.75, 3.05) is 26.3 Å². The van der Waals surface area contributed by atoms with Crippen molar-refractivity contribution in [3.05, 3.63) is 71.9 Å². The highest BCUT2D eigenvalue weighted by molar-refractivity contribution is 7.89. The Labute approximate surface area is 184 Å². The molecular formula is C21H20N4O6S. The van der Waals surface area contributed by atoms with Crippen molar-refractivity contribution >= 4 is 21.8 Å². The minimum Gasteiger partial charge on any atom is -0.379 e. The largest absolute Gasteiger partial charge is 0.379 e. The highest BCUT2D eigenvalue weighted by Gasteiger charge is 2.30. The summed E-state index contributed by atoms with van der Waals surface area (Å²) in [5, 5.41) is 3.71. The molecule has 0 unspecified atom stereocenters. The molecule has 2 amide bonds. The molecule has 11 heteroatoms. The maximum absolute atomic E-state index is 13.0. The van der Waals surface area contributed by atoms with E-state index in [9.17, 15) is 18.0 Å². The smallest absolute Gasteiger partial charge is 0.291 e. The van der Waals surface area contributed by atoms with Gasteiger partial charge in [-0.2, -0.15) is 4.31 Å².